The highest BCUT2D eigenvalue weighted by Gasteiger charge is 2.16. The number of hydrogen-bond donors (Lipinski definition) is 0. The highest BCUT2D eigenvalue weighted by molar-refractivity contribution is 5.71. The Morgan fingerprint density at radius 1 is 1.62 bits per heavy atom. The number of carbonyl (C=O) groups excluding carboxylic acids is 1. The lowest BCUT2D eigenvalue weighted by Crippen LogP contribution is -2.19. The quantitative estimate of drug-likeness (QED) is 0.665. The van der Waals surface area contributed by atoms with Gasteiger partial charge in [-0.05, 0) is 11.8 Å². The average Bonchev–Trinajstić information content (AvgIpc) is 2.51. The van der Waals surface area contributed by atoms with Gasteiger partial charge in [-0.15, -0.1) is 0 Å². The van der Waals surface area contributed by atoms with Gasteiger partial charge >= 0.3 is 0 Å². The van der Waals surface area contributed by atoms with Crippen LogP contribution in [0.5, 0.6) is 0 Å². The number of imidazole rings is 1. The molecular weight excluding hydrogens is 164 g/mol. The molecule has 0 fully saturated rings. The van der Waals surface area contributed by atoms with Crippen LogP contribution in [-0.4, -0.2) is 15.8 Å². The molecule has 1 aromatic heterocycles. The Bertz CT molecular complexity index is 289. The molecule has 0 radical (unpaired) electrons. The van der Waals surface area contributed by atoms with Crippen molar-refractivity contribution in [2.45, 2.75) is 33.7 Å². The summed E-state index contributed by atoms with van der Waals surface area (Å²) in [6.45, 7) is 7.36. The summed E-state index contributed by atoms with van der Waals surface area (Å²) >= 11 is 0. The zero-order chi connectivity index (χ0) is 9.90. The first-order chi connectivity index (χ1) is 6.09. The van der Waals surface area contributed by atoms with E-state index in [1.807, 2.05) is 4.57 Å². The summed E-state index contributed by atoms with van der Waals surface area (Å²) in [5, 5.41) is 0. The largest absolute Gasteiger partial charge is 0.328 e. The second kappa shape index (κ2) is 3.73. The molecule has 0 N–H and O–H groups in total. The molecule has 0 amide bonds. The number of nitrogens with zero attached hydrogens (tertiary/aromatic N) is 2. The van der Waals surface area contributed by atoms with Crippen molar-refractivity contribution in [2.75, 3.05) is 0 Å². The van der Waals surface area contributed by atoms with Crippen LogP contribution in [-0.2, 0) is 6.54 Å². The zero-order valence-corrected chi connectivity index (χ0v) is 8.45. The van der Waals surface area contributed by atoms with Gasteiger partial charge in [0.25, 0.3) is 0 Å². The van der Waals surface area contributed by atoms with Crippen LogP contribution in [0.15, 0.2) is 12.5 Å². The predicted molar refractivity (Wildman–Crippen MR) is 51.7 cm³/mol. The van der Waals surface area contributed by atoms with Crippen molar-refractivity contribution in [2.24, 2.45) is 5.41 Å². The number of aromatic nitrogens is 2. The fourth-order valence-corrected chi connectivity index (χ4v) is 1.13. The van der Waals surface area contributed by atoms with E-state index in [-0.39, 0.29) is 5.41 Å². The molecular formula is C10H16N2O. The second-order valence-electron chi connectivity index (χ2n) is 4.08. The molecule has 0 spiro atoms. The minimum Gasteiger partial charge on any atom is -0.328 e. The van der Waals surface area contributed by atoms with Crippen LogP contribution in [0.1, 0.15) is 37.7 Å². The maximum absolute atomic E-state index is 10.6. The van der Waals surface area contributed by atoms with Crippen molar-refractivity contribution >= 4 is 6.29 Å². The molecule has 0 saturated heterocycles. The Hall–Kier alpha value is -1.12. The summed E-state index contributed by atoms with van der Waals surface area (Å²) < 4.78 is 1.90. The standard InChI is InChI=1S/C10H16N2O/c1-4-10(2,3)7-12-8-11-5-9(12)6-13/h5-6,8H,4,7H2,1-3H3. The van der Waals surface area contributed by atoms with E-state index in [1.54, 1.807) is 12.5 Å². The van der Waals surface area contributed by atoms with Gasteiger partial charge in [0.1, 0.15) is 5.69 Å². The van der Waals surface area contributed by atoms with Crippen LogP contribution in [0.4, 0.5) is 0 Å². The third kappa shape index (κ3) is 2.41. The van der Waals surface area contributed by atoms with E-state index in [0.717, 1.165) is 19.3 Å². The Labute approximate surface area is 78.8 Å². The van der Waals surface area contributed by atoms with E-state index in [9.17, 15) is 4.79 Å². The smallest absolute Gasteiger partial charge is 0.168 e. The first-order valence-electron chi connectivity index (χ1n) is 4.54. The fraction of sp³-hybridized carbons (Fsp3) is 0.600. The van der Waals surface area contributed by atoms with Gasteiger partial charge in [0.05, 0.1) is 12.5 Å². The second-order valence-corrected chi connectivity index (χ2v) is 4.08. The first-order valence-corrected chi connectivity index (χ1v) is 4.54. The molecule has 3 heteroatoms. The Balaban J connectivity index is 2.79. The predicted octanol–water partition coefficient (Wildman–Crippen LogP) is 2.13. The topological polar surface area (TPSA) is 34.9 Å². The van der Waals surface area contributed by atoms with Gasteiger partial charge in [-0.2, -0.15) is 0 Å². The van der Waals surface area contributed by atoms with E-state index < -0.39 is 0 Å². The van der Waals surface area contributed by atoms with E-state index in [4.69, 9.17) is 0 Å². The van der Waals surface area contributed by atoms with Crippen molar-refractivity contribution in [3.8, 4) is 0 Å². The Morgan fingerprint density at radius 2 is 2.31 bits per heavy atom. The maximum atomic E-state index is 10.6. The monoisotopic (exact) mass is 180 g/mol. The van der Waals surface area contributed by atoms with Crippen LogP contribution in [0, 0.1) is 5.41 Å². The molecule has 0 saturated carbocycles. The van der Waals surface area contributed by atoms with Gasteiger partial charge < -0.3 is 4.57 Å². The van der Waals surface area contributed by atoms with E-state index in [2.05, 4.69) is 25.8 Å². The Kier molecular flexibility index (Phi) is 2.86. The number of aldehydes is 1. The highest BCUT2D eigenvalue weighted by Crippen LogP contribution is 2.22. The van der Waals surface area contributed by atoms with Crippen LogP contribution in [0.2, 0.25) is 0 Å². The summed E-state index contributed by atoms with van der Waals surface area (Å²) in [4.78, 5) is 14.5. The molecule has 1 rings (SSSR count). The van der Waals surface area contributed by atoms with Crippen LogP contribution < -0.4 is 0 Å². The molecule has 1 aromatic rings. The summed E-state index contributed by atoms with van der Waals surface area (Å²) in [6.07, 6.45) is 5.24. The maximum Gasteiger partial charge on any atom is 0.168 e. The molecule has 1 heterocycles. The molecule has 0 aliphatic rings. The van der Waals surface area contributed by atoms with Crippen molar-refractivity contribution in [1.82, 2.24) is 9.55 Å². The van der Waals surface area contributed by atoms with Crippen LogP contribution >= 0.6 is 0 Å². The summed E-state index contributed by atoms with van der Waals surface area (Å²) in [5.41, 5.74) is 0.875. The number of hydrogen-bond acceptors (Lipinski definition) is 2. The average molecular weight is 180 g/mol. The lowest BCUT2D eigenvalue weighted by atomic mass is 9.90. The van der Waals surface area contributed by atoms with Gasteiger partial charge in [-0.1, -0.05) is 20.8 Å². The molecule has 0 aliphatic carbocycles. The molecule has 0 unspecified atom stereocenters. The molecule has 3 nitrogen and oxygen atoms in total. The van der Waals surface area contributed by atoms with Gasteiger partial charge in [0, 0.05) is 6.54 Å². The molecule has 72 valence electrons. The normalized spacial score (nSPS) is 11.6. The van der Waals surface area contributed by atoms with Crippen LogP contribution in [0.25, 0.3) is 0 Å². The lowest BCUT2D eigenvalue weighted by Gasteiger charge is -2.23. The van der Waals surface area contributed by atoms with Gasteiger partial charge in [-0.3, -0.25) is 4.79 Å². The Morgan fingerprint density at radius 3 is 2.85 bits per heavy atom. The third-order valence-electron chi connectivity index (χ3n) is 2.42. The van der Waals surface area contributed by atoms with Gasteiger partial charge in [0.15, 0.2) is 6.29 Å². The van der Waals surface area contributed by atoms with Gasteiger partial charge in [-0.25, -0.2) is 4.98 Å². The molecule has 0 atom stereocenters. The van der Waals surface area contributed by atoms with E-state index in [0.29, 0.717) is 5.69 Å². The molecule has 0 aliphatic heterocycles. The van der Waals surface area contributed by atoms with Crippen molar-refractivity contribution in [3.05, 3.63) is 18.2 Å². The summed E-state index contributed by atoms with van der Waals surface area (Å²) in [7, 11) is 0. The fourth-order valence-electron chi connectivity index (χ4n) is 1.13. The van der Waals surface area contributed by atoms with E-state index in [1.165, 1.54) is 0 Å². The number of carbonyl (C=O) groups is 1. The van der Waals surface area contributed by atoms with Gasteiger partial charge in [0.2, 0.25) is 0 Å². The van der Waals surface area contributed by atoms with Crippen LogP contribution in [0.3, 0.4) is 0 Å². The lowest BCUT2D eigenvalue weighted by molar-refractivity contribution is 0.111. The summed E-state index contributed by atoms with van der Waals surface area (Å²) in [5.74, 6) is 0. The minimum absolute atomic E-state index is 0.221. The number of rotatable bonds is 4. The molecule has 0 aromatic carbocycles. The van der Waals surface area contributed by atoms with Crippen molar-refractivity contribution < 1.29 is 4.79 Å². The minimum atomic E-state index is 0.221. The molecule has 13 heavy (non-hydrogen) atoms. The highest BCUT2D eigenvalue weighted by atomic mass is 16.1. The van der Waals surface area contributed by atoms with E-state index >= 15 is 0 Å². The first kappa shape index (κ1) is 9.96. The van der Waals surface area contributed by atoms with Crippen molar-refractivity contribution in [1.29, 1.82) is 0 Å². The zero-order valence-electron chi connectivity index (χ0n) is 8.45. The third-order valence-corrected chi connectivity index (χ3v) is 2.42. The van der Waals surface area contributed by atoms with Crippen molar-refractivity contribution in [3.63, 3.8) is 0 Å². The molecule has 0 bridgehead atoms. The summed E-state index contributed by atoms with van der Waals surface area (Å²) in [6, 6.07) is 0. The SMILES string of the molecule is CCC(C)(C)Cn1cncc1C=O.